The van der Waals surface area contributed by atoms with Crippen molar-refractivity contribution in [3.05, 3.63) is 106 Å². The van der Waals surface area contributed by atoms with Crippen molar-refractivity contribution in [3.63, 3.8) is 0 Å². The second-order valence-electron chi connectivity index (χ2n) is 8.88. The predicted molar refractivity (Wildman–Crippen MR) is 149 cm³/mol. The van der Waals surface area contributed by atoms with E-state index < -0.39 is 0 Å². The number of ether oxygens (including phenoxy) is 1. The number of benzene rings is 3. The van der Waals surface area contributed by atoms with Gasteiger partial charge in [-0.1, -0.05) is 11.8 Å². The van der Waals surface area contributed by atoms with Gasteiger partial charge in [0.1, 0.15) is 0 Å². The molecule has 0 saturated carbocycles. The normalized spacial score (nSPS) is 13.8. The highest BCUT2D eigenvalue weighted by Crippen LogP contribution is 2.30. The highest BCUT2D eigenvalue weighted by atomic mass is 32.2. The van der Waals surface area contributed by atoms with Gasteiger partial charge in [-0.3, -0.25) is 15.1 Å². The van der Waals surface area contributed by atoms with Gasteiger partial charge in [-0.25, -0.2) is 0 Å². The molecule has 4 aromatic rings. The average molecular weight is 513 g/mol. The van der Waals surface area contributed by atoms with Crippen LogP contribution in [0.15, 0.2) is 93.6 Å². The van der Waals surface area contributed by atoms with Crippen LogP contribution in [0.4, 0.5) is 17.1 Å². The number of aryl methyl sites for hydroxylation is 1. The molecule has 7 nitrogen and oxygen atoms in total. The van der Waals surface area contributed by atoms with Gasteiger partial charge in [0.15, 0.2) is 0 Å². The van der Waals surface area contributed by atoms with E-state index in [0.717, 1.165) is 64.4 Å². The topological polar surface area (TPSA) is 72.9 Å². The summed E-state index contributed by atoms with van der Waals surface area (Å²) in [5.41, 5.74) is 6.66. The van der Waals surface area contributed by atoms with E-state index in [1.165, 1.54) is 17.8 Å². The Kier molecular flexibility index (Phi) is 7.39. The first-order valence-corrected chi connectivity index (χ1v) is 13.0. The van der Waals surface area contributed by atoms with Crippen molar-refractivity contribution in [2.45, 2.75) is 23.6 Å². The van der Waals surface area contributed by atoms with Crippen molar-refractivity contribution in [1.82, 2.24) is 4.57 Å². The molecule has 3 aromatic carbocycles. The fourth-order valence-electron chi connectivity index (χ4n) is 4.47. The minimum Gasteiger partial charge on any atom is -0.378 e. The van der Waals surface area contributed by atoms with Gasteiger partial charge in [-0.2, -0.15) is 0 Å². The number of non-ortho nitro benzene ring substituents is 1. The fraction of sp³-hybridized carbons (Fsp3) is 0.207. The molecule has 1 fully saturated rings. The standard InChI is InChI=1S/C29H28N4O3S/c1-21-19-23(20-30-24-3-5-25(6-4-24)31-15-17-36-18-16-31)22(2)32(21)26-7-11-28(12-8-26)37-29-13-9-27(10-14-29)33(34)35/h3-14,19-20H,15-18H2,1-2H3. The molecule has 0 atom stereocenters. The molecular weight excluding hydrogens is 484 g/mol. The Morgan fingerprint density at radius 2 is 1.49 bits per heavy atom. The first kappa shape index (κ1) is 24.8. The van der Waals surface area contributed by atoms with Crippen molar-refractivity contribution >= 4 is 35.0 Å². The SMILES string of the molecule is Cc1cc(C=Nc2ccc(N3CCOCC3)cc2)c(C)n1-c1ccc(Sc2ccc([N+](=O)[O-])cc2)cc1. The van der Waals surface area contributed by atoms with Crippen LogP contribution in [0.2, 0.25) is 0 Å². The summed E-state index contributed by atoms with van der Waals surface area (Å²) in [7, 11) is 0. The van der Waals surface area contributed by atoms with E-state index in [-0.39, 0.29) is 10.6 Å². The van der Waals surface area contributed by atoms with Gasteiger partial charge in [-0.15, -0.1) is 0 Å². The number of hydrogen-bond acceptors (Lipinski definition) is 6. The molecule has 5 rings (SSSR count). The van der Waals surface area contributed by atoms with Gasteiger partial charge in [0.05, 0.1) is 23.8 Å². The number of nitro benzene ring substituents is 1. The Bertz CT molecular complexity index is 1410. The summed E-state index contributed by atoms with van der Waals surface area (Å²) in [6.07, 6.45) is 1.93. The van der Waals surface area contributed by atoms with Gasteiger partial charge in [0.2, 0.25) is 0 Å². The van der Waals surface area contributed by atoms with Crippen LogP contribution < -0.4 is 4.90 Å². The summed E-state index contributed by atoms with van der Waals surface area (Å²) in [5, 5.41) is 10.9. The maximum atomic E-state index is 10.9. The Hall–Kier alpha value is -3.88. The summed E-state index contributed by atoms with van der Waals surface area (Å²) in [6, 6.07) is 25.5. The van der Waals surface area contributed by atoms with Gasteiger partial charge in [-0.05, 0) is 80.6 Å². The maximum absolute atomic E-state index is 10.9. The molecule has 0 spiro atoms. The van der Waals surface area contributed by atoms with Crippen LogP contribution >= 0.6 is 11.8 Å². The largest absolute Gasteiger partial charge is 0.378 e. The summed E-state index contributed by atoms with van der Waals surface area (Å²) >= 11 is 1.58. The molecule has 37 heavy (non-hydrogen) atoms. The monoisotopic (exact) mass is 512 g/mol. The third-order valence-corrected chi connectivity index (χ3v) is 7.44. The molecule has 1 saturated heterocycles. The Morgan fingerprint density at radius 3 is 2.11 bits per heavy atom. The molecule has 1 aliphatic rings. The molecule has 8 heteroatoms. The third-order valence-electron chi connectivity index (χ3n) is 6.43. The number of nitrogens with zero attached hydrogens (tertiary/aromatic N) is 4. The molecule has 0 unspecified atom stereocenters. The van der Waals surface area contributed by atoms with Gasteiger partial charge in [0.25, 0.3) is 5.69 Å². The average Bonchev–Trinajstić information content (AvgIpc) is 3.21. The van der Waals surface area contributed by atoms with Crippen molar-refractivity contribution in [3.8, 4) is 5.69 Å². The van der Waals surface area contributed by atoms with Crippen LogP contribution in [0.1, 0.15) is 17.0 Å². The zero-order valence-electron chi connectivity index (χ0n) is 20.8. The molecule has 0 aliphatic carbocycles. The molecule has 2 heterocycles. The third kappa shape index (κ3) is 5.76. The lowest BCUT2D eigenvalue weighted by Crippen LogP contribution is -2.36. The van der Waals surface area contributed by atoms with E-state index in [1.807, 2.05) is 6.21 Å². The number of anilines is 1. The van der Waals surface area contributed by atoms with Crippen LogP contribution in [0.25, 0.3) is 5.69 Å². The quantitative estimate of drug-likeness (QED) is 0.156. The number of nitro groups is 1. The van der Waals surface area contributed by atoms with Crippen LogP contribution in [0.5, 0.6) is 0 Å². The van der Waals surface area contributed by atoms with E-state index in [4.69, 9.17) is 9.73 Å². The first-order chi connectivity index (χ1) is 18.0. The molecule has 0 bridgehead atoms. The zero-order chi connectivity index (χ0) is 25.8. The summed E-state index contributed by atoms with van der Waals surface area (Å²) in [4.78, 5) is 19.6. The van der Waals surface area contributed by atoms with E-state index in [9.17, 15) is 10.1 Å². The molecule has 0 amide bonds. The van der Waals surface area contributed by atoms with Crippen molar-refractivity contribution in [2.75, 3.05) is 31.2 Å². The fourth-order valence-corrected chi connectivity index (χ4v) is 5.28. The highest BCUT2D eigenvalue weighted by Gasteiger charge is 2.12. The van der Waals surface area contributed by atoms with Crippen molar-refractivity contribution in [1.29, 1.82) is 0 Å². The second-order valence-corrected chi connectivity index (χ2v) is 10.0. The maximum Gasteiger partial charge on any atom is 0.269 e. The van der Waals surface area contributed by atoms with Crippen LogP contribution in [0.3, 0.4) is 0 Å². The Morgan fingerprint density at radius 1 is 0.892 bits per heavy atom. The van der Waals surface area contributed by atoms with E-state index >= 15 is 0 Å². The number of hydrogen-bond donors (Lipinski definition) is 0. The molecule has 1 aliphatic heterocycles. The van der Waals surface area contributed by atoms with E-state index in [2.05, 4.69) is 77.9 Å². The van der Waals surface area contributed by atoms with Crippen molar-refractivity contribution in [2.24, 2.45) is 4.99 Å². The number of aliphatic imine (C=N–C) groups is 1. The van der Waals surface area contributed by atoms with Crippen LogP contribution in [0, 0.1) is 24.0 Å². The lowest BCUT2D eigenvalue weighted by atomic mass is 10.2. The van der Waals surface area contributed by atoms with Gasteiger partial charge in [0, 0.05) is 69.6 Å². The molecule has 188 valence electrons. The molecule has 0 N–H and O–H groups in total. The first-order valence-electron chi connectivity index (χ1n) is 12.2. The summed E-state index contributed by atoms with van der Waals surface area (Å²) < 4.78 is 7.67. The number of morpholine rings is 1. The predicted octanol–water partition coefficient (Wildman–Crippen LogP) is 6.74. The minimum absolute atomic E-state index is 0.0996. The van der Waals surface area contributed by atoms with Crippen molar-refractivity contribution < 1.29 is 9.66 Å². The van der Waals surface area contributed by atoms with E-state index in [1.54, 1.807) is 23.9 Å². The molecule has 0 radical (unpaired) electrons. The molecule has 1 aromatic heterocycles. The zero-order valence-corrected chi connectivity index (χ0v) is 21.6. The second kappa shape index (κ2) is 11.0. The number of aromatic nitrogens is 1. The van der Waals surface area contributed by atoms with Gasteiger partial charge >= 0.3 is 0 Å². The van der Waals surface area contributed by atoms with Crippen LogP contribution in [-0.4, -0.2) is 42.0 Å². The van der Waals surface area contributed by atoms with Crippen LogP contribution in [-0.2, 0) is 4.74 Å². The highest BCUT2D eigenvalue weighted by molar-refractivity contribution is 7.99. The lowest BCUT2D eigenvalue weighted by molar-refractivity contribution is -0.384. The Labute approximate surface area is 220 Å². The number of rotatable bonds is 7. The van der Waals surface area contributed by atoms with Gasteiger partial charge < -0.3 is 14.2 Å². The smallest absolute Gasteiger partial charge is 0.269 e. The molecular formula is C29H28N4O3S. The minimum atomic E-state index is -0.383. The van der Waals surface area contributed by atoms with E-state index in [0.29, 0.717) is 0 Å². The lowest BCUT2D eigenvalue weighted by Gasteiger charge is -2.28. The Balaban J connectivity index is 1.28. The summed E-state index contributed by atoms with van der Waals surface area (Å²) in [6.45, 7) is 7.60. The summed E-state index contributed by atoms with van der Waals surface area (Å²) in [5.74, 6) is 0.